The molecular formula is C15H15Br2FN2. The summed E-state index contributed by atoms with van der Waals surface area (Å²) in [4.78, 5) is 0. The van der Waals surface area contributed by atoms with Gasteiger partial charge in [0.15, 0.2) is 0 Å². The second-order valence-corrected chi connectivity index (χ2v) is 6.28. The second-order valence-electron chi connectivity index (χ2n) is 4.64. The van der Waals surface area contributed by atoms with E-state index in [1.807, 2.05) is 25.1 Å². The summed E-state index contributed by atoms with van der Waals surface area (Å²) in [6, 6.07) is 10.6. The Hall–Kier alpha value is -0.750. The third-order valence-corrected chi connectivity index (χ3v) is 5.09. The number of nitrogens with one attached hydrogen (secondary N) is 1. The van der Waals surface area contributed by atoms with Crippen LogP contribution in [0.5, 0.6) is 0 Å². The number of hydrazine groups is 1. The van der Waals surface area contributed by atoms with Gasteiger partial charge in [0.25, 0.3) is 0 Å². The van der Waals surface area contributed by atoms with Gasteiger partial charge in [-0.05, 0) is 48.2 Å². The van der Waals surface area contributed by atoms with Gasteiger partial charge in [-0.25, -0.2) is 4.39 Å². The summed E-state index contributed by atoms with van der Waals surface area (Å²) in [5.74, 6) is 5.43. The standard InChI is InChI=1S/C15H15Br2FN2/c1-9-3-2-4-12(15(9)17)14(20-19)8-10-7-11(18)5-6-13(10)16/h2-7,14,20H,8,19H2,1H3. The van der Waals surface area contributed by atoms with Crippen molar-refractivity contribution in [2.75, 3.05) is 0 Å². The molecule has 1 unspecified atom stereocenters. The summed E-state index contributed by atoms with van der Waals surface area (Å²) in [6.07, 6.45) is 0.594. The van der Waals surface area contributed by atoms with E-state index in [-0.39, 0.29) is 11.9 Å². The highest BCUT2D eigenvalue weighted by Gasteiger charge is 2.16. The molecule has 2 aromatic rings. The number of aryl methyl sites for hydroxylation is 1. The largest absolute Gasteiger partial charge is 0.271 e. The highest BCUT2D eigenvalue weighted by Crippen LogP contribution is 2.30. The lowest BCUT2D eigenvalue weighted by atomic mass is 9.98. The van der Waals surface area contributed by atoms with E-state index in [0.29, 0.717) is 6.42 Å². The van der Waals surface area contributed by atoms with Gasteiger partial charge in [-0.1, -0.05) is 50.1 Å². The van der Waals surface area contributed by atoms with Crippen molar-refractivity contribution in [3.05, 3.63) is 67.9 Å². The van der Waals surface area contributed by atoms with Crippen molar-refractivity contribution in [2.45, 2.75) is 19.4 Å². The average molecular weight is 402 g/mol. The molecule has 5 heteroatoms. The lowest BCUT2D eigenvalue weighted by molar-refractivity contribution is 0.545. The lowest BCUT2D eigenvalue weighted by Gasteiger charge is -2.19. The maximum atomic E-state index is 13.4. The molecule has 2 aromatic carbocycles. The van der Waals surface area contributed by atoms with Crippen molar-refractivity contribution in [3.63, 3.8) is 0 Å². The number of benzene rings is 2. The molecule has 2 rings (SSSR count). The molecule has 0 aliphatic heterocycles. The Balaban J connectivity index is 2.34. The Labute approximate surface area is 134 Å². The first kappa shape index (κ1) is 15.6. The van der Waals surface area contributed by atoms with E-state index in [4.69, 9.17) is 5.84 Å². The minimum Gasteiger partial charge on any atom is -0.271 e. The summed E-state index contributed by atoms with van der Waals surface area (Å²) >= 11 is 7.03. The molecule has 0 aliphatic rings. The third-order valence-electron chi connectivity index (χ3n) is 3.23. The van der Waals surface area contributed by atoms with Gasteiger partial charge < -0.3 is 0 Å². The molecule has 20 heavy (non-hydrogen) atoms. The topological polar surface area (TPSA) is 38.0 Å². The highest BCUT2D eigenvalue weighted by molar-refractivity contribution is 9.10. The first-order valence-corrected chi connectivity index (χ1v) is 7.76. The molecule has 1 atom stereocenters. The molecule has 0 amide bonds. The van der Waals surface area contributed by atoms with Crippen LogP contribution in [0.25, 0.3) is 0 Å². The van der Waals surface area contributed by atoms with Crippen molar-refractivity contribution in [3.8, 4) is 0 Å². The highest BCUT2D eigenvalue weighted by atomic mass is 79.9. The predicted molar refractivity (Wildman–Crippen MR) is 86.7 cm³/mol. The summed E-state index contributed by atoms with van der Waals surface area (Å²) < 4.78 is 15.3. The van der Waals surface area contributed by atoms with Crippen LogP contribution in [0.15, 0.2) is 45.3 Å². The summed E-state index contributed by atoms with van der Waals surface area (Å²) in [5.41, 5.74) is 5.88. The fraction of sp³-hybridized carbons (Fsp3) is 0.200. The van der Waals surface area contributed by atoms with Crippen LogP contribution in [0.3, 0.4) is 0 Å². The van der Waals surface area contributed by atoms with E-state index in [9.17, 15) is 4.39 Å². The van der Waals surface area contributed by atoms with Crippen molar-refractivity contribution >= 4 is 31.9 Å². The van der Waals surface area contributed by atoms with Crippen LogP contribution in [0, 0.1) is 12.7 Å². The van der Waals surface area contributed by atoms with Gasteiger partial charge in [0.1, 0.15) is 5.82 Å². The van der Waals surface area contributed by atoms with Gasteiger partial charge in [0.2, 0.25) is 0 Å². The molecule has 2 nitrogen and oxygen atoms in total. The summed E-state index contributed by atoms with van der Waals surface area (Å²) in [5, 5.41) is 0. The molecule has 0 saturated heterocycles. The smallest absolute Gasteiger partial charge is 0.123 e. The van der Waals surface area contributed by atoms with Crippen molar-refractivity contribution in [2.24, 2.45) is 5.84 Å². The van der Waals surface area contributed by atoms with E-state index in [1.54, 1.807) is 6.07 Å². The molecule has 0 aromatic heterocycles. The van der Waals surface area contributed by atoms with Crippen LogP contribution in [-0.2, 0) is 6.42 Å². The van der Waals surface area contributed by atoms with Gasteiger partial charge in [0.05, 0.1) is 6.04 Å². The van der Waals surface area contributed by atoms with Crippen LogP contribution >= 0.6 is 31.9 Å². The fourth-order valence-corrected chi connectivity index (χ4v) is 3.07. The molecule has 0 fully saturated rings. The molecule has 0 saturated carbocycles. The van der Waals surface area contributed by atoms with Gasteiger partial charge in [-0.3, -0.25) is 11.3 Å². The van der Waals surface area contributed by atoms with Crippen molar-refractivity contribution in [1.29, 1.82) is 0 Å². The van der Waals surface area contributed by atoms with Crippen LogP contribution in [0.4, 0.5) is 4.39 Å². The average Bonchev–Trinajstić information content (AvgIpc) is 2.43. The number of nitrogens with two attached hydrogens (primary N) is 1. The van der Waals surface area contributed by atoms with Gasteiger partial charge in [0, 0.05) is 8.95 Å². The van der Waals surface area contributed by atoms with E-state index in [1.165, 1.54) is 12.1 Å². The van der Waals surface area contributed by atoms with Crippen molar-refractivity contribution < 1.29 is 4.39 Å². The van der Waals surface area contributed by atoms with E-state index in [2.05, 4.69) is 37.3 Å². The Morgan fingerprint density at radius 1 is 1.25 bits per heavy atom. The molecular weight excluding hydrogens is 387 g/mol. The fourth-order valence-electron chi connectivity index (χ4n) is 2.12. The Kier molecular flexibility index (Phi) is 5.32. The molecule has 3 N–H and O–H groups in total. The molecule has 0 bridgehead atoms. The first-order valence-electron chi connectivity index (χ1n) is 6.18. The van der Waals surface area contributed by atoms with Crippen molar-refractivity contribution in [1.82, 2.24) is 5.43 Å². The number of hydrogen-bond donors (Lipinski definition) is 2. The van der Waals surface area contributed by atoms with Crippen LogP contribution < -0.4 is 11.3 Å². The van der Waals surface area contributed by atoms with Gasteiger partial charge in [-0.15, -0.1) is 0 Å². The summed E-state index contributed by atoms with van der Waals surface area (Å²) in [6.45, 7) is 2.03. The Morgan fingerprint density at radius 3 is 2.70 bits per heavy atom. The van der Waals surface area contributed by atoms with E-state index in [0.717, 1.165) is 25.6 Å². The molecule has 106 valence electrons. The van der Waals surface area contributed by atoms with Crippen LogP contribution in [0.2, 0.25) is 0 Å². The maximum Gasteiger partial charge on any atom is 0.123 e. The molecule has 0 aliphatic carbocycles. The number of hydrogen-bond acceptors (Lipinski definition) is 2. The molecule has 0 spiro atoms. The van der Waals surface area contributed by atoms with E-state index >= 15 is 0 Å². The second kappa shape index (κ2) is 6.80. The maximum absolute atomic E-state index is 13.4. The Bertz CT molecular complexity index is 617. The third kappa shape index (κ3) is 3.47. The normalized spacial score (nSPS) is 12.4. The quantitative estimate of drug-likeness (QED) is 0.588. The Morgan fingerprint density at radius 2 is 2.00 bits per heavy atom. The van der Waals surface area contributed by atoms with Crippen LogP contribution in [0.1, 0.15) is 22.7 Å². The zero-order valence-electron chi connectivity index (χ0n) is 11.0. The van der Waals surface area contributed by atoms with Gasteiger partial charge >= 0.3 is 0 Å². The number of rotatable bonds is 4. The SMILES string of the molecule is Cc1cccc(C(Cc2cc(F)ccc2Br)NN)c1Br. The number of halogens is 3. The monoisotopic (exact) mass is 400 g/mol. The van der Waals surface area contributed by atoms with E-state index < -0.39 is 0 Å². The molecule has 0 radical (unpaired) electrons. The predicted octanol–water partition coefficient (Wildman–Crippen LogP) is 4.41. The molecule has 0 heterocycles. The zero-order valence-corrected chi connectivity index (χ0v) is 14.1. The summed E-state index contributed by atoms with van der Waals surface area (Å²) in [7, 11) is 0. The van der Waals surface area contributed by atoms with Crippen LogP contribution in [-0.4, -0.2) is 0 Å². The zero-order chi connectivity index (χ0) is 14.7. The van der Waals surface area contributed by atoms with Gasteiger partial charge in [-0.2, -0.15) is 0 Å². The first-order chi connectivity index (χ1) is 9.52. The lowest BCUT2D eigenvalue weighted by Crippen LogP contribution is -2.30. The minimum absolute atomic E-state index is 0.0950. The minimum atomic E-state index is -0.248.